The predicted octanol–water partition coefficient (Wildman–Crippen LogP) is 2.72. The Morgan fingerprint density at radius 2 is 1.83 bits per heavy atom. The zero-order chi connectivity index (χ0) is 20.5. The van der Waals surface area contributed by atoms with Crippen LogP contribution in [0.4, 0.5) is 4.79 Å². The molecule has 1 amide bonds. The number of rotatable bonds is 8. The molecule has 1 unspecified atom stereocenters. The van der Waals surface area contributed by atoms with Crippen molar-refractivity contribution in [3.63, 3.8) is 0 Å². The summed E-state index contributed by atoms with van der Waals surface area (Å²) in [5.74, 6) is 2.31. The van der Waals surface area contributed by atoms with Crippen molar-refractivity contribution in [1.29, 1.82) is 0 Å². The van der Waals surface area contributed by atoms with Gasteiger partial charge in [0.2, 0.25) is 0 Å². The minimum Gasteiger partial charge on any atom is -0.450 e. The molecular formula is C22H41N5O2. The molecule has 3 rings (SSSR count). The maximum absolute atomic E-state index is 11.8. The predicted molar refractivity (Wildman–Crippen MR) is 117 cm³/mol. The number of piperidine rings is 1. The summed E-state index contributed by atoms with van der Waals surface area (Å²) in [6.07, 6.45) is 11.5. The van der Waals surface area contributed by atoms with Gasteiger partial charge in [0.05, 0.1) is 12.6 Å². The molecule has 3 N–H and O–H groups in total. The highest BCUT2D eigenvalue weighted by molar-refractivity contribution is 5.80. The number of carbonyl (C=O) groups is 1. The summed E-state index contributed by atoms with van der Waals surface area (Å²) < 4.78 is 5.04. The van der Waals surface area contributed by atoms with E-state index >= 15 is 0 Å². The highest BCUT2D eigenvalue weighted by atomic mass is 16.5. The summed E-state index contributed by atoms with van der Waals surface area (Å²) in [7, 11) is 1.82. The van der Waals surface area contributed by atoms with Gasteiger partial charge in [-0.25, -0.2) is 4.79 Å². The Kier molecular flexibility index (Phi) is 8.90. The molecule has 3 aliphatic rings. The van der Waals surface area contributed by atoms with E-state index in [2.05, 4.69) is 25.8 Å². The molecule has 1 saturated heterocycles. The molecule has 0 spiro atoms. The van der Waals surface area contributed by atoms with Crippen LogP contribution in [0.25, 0.3) is 0 Å². The summed E-state index contributed by atoms with van der Waals surface area (Å²) in [4.78, 5) is 18.8. The summed E-state index contributed by atoms with van der Waals surface area (Å²) in [6.45, 7) is 6.57. The lowest BCUT2D eigenvalue weighted by Gasteiger charge is -2.36. The number of hydrogen-bond donors (Lipinski definition) is 3. The fraction of sp³-hybridized carbons (Fsp3) is 0.909. The van der Waals surface area contributed by atoms with E-state index < -0.39 is 0 Å². The Morgan fingerprint density at radius 1 is 1.10 bits per heavy atom. The van der Waals surface area contributed by atoms with Crippen molar-refractivity contribution in [2.24, 2.45) is 16.8 Å². The van der Waals surface area contributed by atoms with Crippen molar-refractivity contribution in [2.75, 3.05) is 39.8 Å². The molecule has 7 heteroatoms. The molecule has 166 valence electrons. The van der Waals surface area contributed by atoms with Gasteiger partial charge in [-0.1, -0.05) is 19.3 Å². The van der Waals surface area contributed by atoms with Gasteiger partial charge in [0.1, 0.15) is 0 Å². The molecule has 7 nitrogen and oxygen atoms in total. The number of nitrogens with one attached hydrogen (secondary N) is 3. The van der Waals surface area contributed by atoms with Crippen molar-refractivity contribution < 1.29 is 9.53 Å². The first-order valence-electron chi connectivity index (χ1n) is 11.8. The van der Waals surface area contributed by atoms with Crippen LogP contribution in [0.1, 0.15) is 64.7 Å². The lowest BCUT2D eigenvalue weighted by Crippen LogP contribution is -2.52. The van der Waals surface area contributed by atoms with E-state index in [-0.39, 0.29) is 12.1 Å². The fourth-order valence-corrected chi connectivity index (χ4v) is 4.75. The zero-order valence-electron chi connectivity index (χ0n) is 18.4. The quantitative estimate of drug-likeness (QED) is 0.426. The Morgan fingerprint density at radius 3 is 2.45 bits per heavy atom. The number of nitrogens with zero attached hydrogens (tertiary/aromatic N) is 2. The van der Waals surface area contributed by atoms with Crippen LogP contribution in [0.15, 0.2) is 4.99 Å². The molecule has 0 radical (unpaired) electrons. The lowest BCUT2D eigenvalue weighted by atomic mass is 9.88. The van der Waals surface area contributed by atoms with E-state index in [1.165, 1.54) is 77.4 Å². The highest BCUT2D eigenvalue weighted by Crippen LogP contribution is 2.32. The first-order valence-corrected chi connectivity index (χ1v) is 11.8. The molecule has 2 aliphatic carbocycles. The van der Waals surface area contributed by atoms with E-state index in [1.54, 1.807) is 0 Å². The van der Waals surface area contributed by atoms with Crippen molar-refractivity contribution >= 4 is 12.1 Å². The van der Waals surface area contributed by atoms with Gasteiger partial charge in [0.25, 0.3) is 0 Å². The Hall–Kier alpha value is -1.50. The molecule has 0 aromatic heterocycles. The van der Waals surface area contributed by atoms with Crippen LogP contribution in [-0.4, -0.2) is 68.9 Å². The van der Waals surface area contributed by atoms with Gasteiger partial charge in [-0.2, -0.15) is 0 Å². The molecule has 0 aromatic carbocycles. The van der Waals surface area contributed by atoms with E-state index in [1.807, 2.05) is 14.0 Å². The van der Waals surface area contributed by atoms with Crippen LogP contribution in [-0.2, 0) is 4.74 Å². The van der Waals surface area contributed by atoms with Gasteiger partial charge in [0.15, 0.2) is 5.96 Å². The van der Waals surface area contributed by atoms with E-state index in [0.29, 0.717) is 25.1 Å². The number of hydrogen-bond acceptors (Lipinski definition) is 4. The first kappa shape index (κ1) is 22.2. The Labute approximate surface area is 176 Å². The fourth-order valence-electron chi connectivity index (χ4n) is 4.75. The third-order valence-corrected chi connectivity index (χ3v) is 6.65. The van der Waals surface area contributed by atoms with Crippen LogP contribution in [0.3, 0.4) is 0 Å². The summed E-state index contributed by atoms with van der Waals surface area (Å²) in [5.41, 5.74) is 0. The van der Waals surface area contributed by atoms with Crippen LogP contribution < -0.4 is 16.0 Å². The van der Waals surface area contributed by atoms with Crippen molar-refractivity contribution in [2.45, 2.75) is 76.8 Å². The molecule has 29 heavy (non-hydrogen) atoms. The second-order valence-electron chi connectivity index (χ2n) is 8.99. The minimum absolute atomic E-state index is 0.102. The standard InChI is InChI=1S/C22H41N5O2/c1-3-29-22(28)26-20(18-9-10-18)15-24-21(23-2)25-19-11-13-27(14-12-19)16-17-7-5-4-6-8-17/h17-20H,3-16H2,1-2H3,(H,26,28)(H2,23,24,25). The van der Waals surface area contributed by atoms with E-state index in [4.69, 9.17) is 4.74 Å². The smallest absolute Gasteiger partial charge is 0.407 e. The number of guanidine groups is 1. The third-order valence-electron chi connectivity index (χ3n) is 6.65. The van der Waals surface area contributed by atoms with Crippen molar-refractivity contribution in [1.82, 2.24) is 20.9 Å². The molecule has 0 aromatic rings. The summed E-state index contributed by atoms with van der Waals surface area (Å²) in [5, 5.41) is 10.0. The van der Waals surface area contributed by atoms with Crippen LogP contribution >= 0.6 is 0 Å². The first-order chi connectivity index (χ1) is 14.2. The molecule has 0 bridgehead atoms. The maximum Gasteiger partial charge on any atom is 0.407 e. The molecule has 1 aliphatic heterocycles. The SMILES string of the molecule is CCOC(=O)NC(CNC(=NC)NC1CCN(CC2CCCCC2)CC1)C1CC1. The van der Waals surface area contributed by atoms with Crippen molar-refractivity contribution in [3.8, 4) is 0 Å². The summed E-state index contributed by atoms with van der Waals surface area (Å²) in [6, 6.07) is 0.575. The highest BCUT2D eigenvalue weighted by Gasteiger charge is 2.33. The average molecular weight is 408 g/mol. The van der Waals surface area contributed by atoms with Gasteiger partial charge in [-0.15, -0.1) is 0 Å². The molecule has 1 heterocycles. The van der Waals surface area contributed by atoms with Crippen molar-refractivity contribution in [3.05, 3.63) is 0 Å². The van der Waals surface area contributed by atoms with Gasteiger partial charge in [-0.05, 0) is 57.3 Å². The van der Waals surface area contributed by atoms with Crippen LogP contribution in [0.5, 0.6) is 0 Å². The van der Waals surface area contributed by atoms with E-state index in [0.717, 1.165) is 11.9 Å². The molecule has 1 atom stereocenters. The van der Waals surface area contributed by atoms with Crippen LogP contribution in [0.2, 0.25) is 0 Å². The molecular weight excluding hydrogens is 366 g/mol. The lowest BCUT2D eigenvalue weighted by molar-refractivity contribution is 0.146. The minimum atomic E-state index is -0.320. The largest absolute Gasteiger partial charge is 0.450 e. The molecule has 3 fully saturated rings. The van der Waals surface area contributed by atoms with Crippen LogP contribution in [0, 0.1) is 11.8 Å². The van der Waals surface area contributed by atoms with Gasteiger partial charge in [-0.3, -0.25) is 4.99 Å². The number of ether oxygens (including phenoxy) is 1. The van der Waals surface area contributed by atoms with Gasteiger partial charge < -0.3 is 25.6 Å². The number of alkyl carbamates (subject to hydrolysis) is 1. The Bertz CT molecular complexity index is 523. The third kappa shape index (κ3) is 7.68. The second kappa shape index (κ2) is 11.6. The van der Waals surface area contributed by atoms with E-state index in [9.17, 15) is 4.79 Å². The van der Waals surface area contributed by atoms with Gasteiger partial charge in [0, 0.05) is 39.3 Å². The number of carbonyl (C=O) groups excluding carboxylic acids is 1. The number of likely N-dealkylation sites (tertiary alicyclic amines) is 1. The average Bonchev–Trinajstić information content (AvgIpc) is 3.57. The normalized spacial score (nSPS) is 23.4. The number of aliphatic imine (C=N–C) groups is 1. The topological polar surface area (TPSA) is 78.0 Å². The number of amides is 1. The monoisotopic (exact) mass is 407 g/mol. The van der Waals surface area contributed by atoms with Gasteiger partial charge >= 0.3 is 6.09 Å². The molecule has 2 saturated carbocycles. The zero-order valence-corrected chi connectivity index (χ0v) is 18.4. The second-order valence-corrected chi connectivity index (χ2v) is 8.99. The summed E-state index contributed by atoms with van der Waals surface area (Å²) >= 11 is 0. The maximum atomic E-state index is 11.8. The Balaban J connectivity index is 1.36.